The molecule has 12 rings (SSSR count). The lowest BCUT2D eigenvalue weighted by molar-refractivity contribution is 0.670. The first kappa shape index (κ1) is 35.7. The van der Waals surface area contributed by atoms with Crippen LogP contribution in [0.3, 0.4) is 0 Å². The summed E-state index contributed by atoms with van der Waals surface area (Å²) in [5.41, 5.74) is 11.4. The van der Waals surface area contributed by atoms with Gasteiger partial charge in [-0.05, 0) is 68.9 Å². The van der Waals surface area contributed by atoms with Gasteiger partial charge in [0.05, 0.1) is 11.6 Å². The fourth-order valence-corrected chi connectivity index (χ4v) is 10.2. The number of furan rings is 1. The van der Waals surface area contributed by atoms with Gasteiger partial charge in [-0.15, -0.1) is 11.3 Å². The molecule has 0 radical (unpaired) electrons. The number of thiophene rings is 1. The van der Waals surface area contributed by atoms with Crippen molar-refractivity contribution in [3.8, 4) is 73.6 Å². The maximum Gasteiger partial charge on any atom is 0.165 e. The molecule has 9 aromatic carbocycles. The van der Waals surface area contributed by atoms with Crippen LogP contribution in [0.15, 0.2) is 199 Å². The number of fused-ring (bicyclic) bond motifs is 7. The van der Waals surface area contributed by atoms with Gasteiger partial charge in [-0.1, -0.05) is 164 Å². The summed E-state index contributed by atoms with van der Waals surface area (Å²) in [6, 6.07) is 69.2. The van der Waals surface area contributed by atoms with Crippen molar-refractivity contribution in [2.45, 2.75) is 0 Å². The van der Waals surface area contributed by atoms with Crippen molar-refractivity contribution in [1.82, 2.24) is 15.0 Å². The average Bonchev–Trinajstić information content (AvgIpc) is 3.93. The molecule has 0 N–H and O–H groups in total. The van der Waals surface area contributed by atoms with Gasteiger partial charge in [-0.25, -0.2) is 15.0 Å². The standard InChI is InChI=1S/C56H32N4OS/c57-33-34-13-7-19-38(31-34)41-21-9-25-45-50-46(26-12-28-49(50)61-51(41)45)55-58-54(37-16-5-2-6-17-37)59-56(60-55)47-27-11-24-44-43-23-10-22-42(52(43)62-53(44)47)39-30-29-36-18-8-20-40(48(36)32-39)35-14-3-1-4-15-35/h1-32H. The molecule has 0 aliphatic heterocycles. The fraction of sp³-hybridized carbons (Fsp3) is 0. The molecule has 0 aliphatic carbocycles. The van der Waals surface area contributed by atoms with E-state index in [0.29, 0.717) is 23.0 Å². The predicted octanol–water partition coefficient (Wildman–Crippen LogP) is 15.2. The monoisotopic (exact) mass is 808 g/mol. The summed E-state index contributed by atoms with van der Waals surface area (Å²) in [6.07, 6.45) is 0. The third kappa shape index (κ3) is 5.87. The van der Waals surface area contributed by atoms with Crippen LogP contribution >= 0.6 is 11.3 Å². The van der Waals surface area contributed by atoms with Crippen molar-refractivity contribution < 1.29 is 4.42 Å². The molecular formula is C56H32N4OS. The van der Waals surface area contributed by atoms with Crippen molar-refractivity contribution >= 4 is 64.2 Å². The van der Waals surface area contributed by atoms with Gasteiger partial charge in [-0.2, -0.15) is 5.26 Å². The van der Waals surface area contributed by atoms with E-state index in [0.717, 1.165) is 59.8 Å². The number of para-hydroxylation sites is 1. The molecule has 0 saturated heterocycles. The first-order valence-corrected chi connectivity index (χ1v) is 21.3. The van der Waals surface area contributed by atoms with Crippen LogP contribution in [0.5, 0.6) is 0 Å². The highest BCUT2D eigenvalue weighted by Gasteiger charge is 2.22. The summed E-state index contributed by atoms with van der Waals surface area (Å²) in [7, 11) is 0. The van der Waals surface area contributed by atoms with E-state index in [1.54, 1.807) is 11.3 Å². The fourth-order valence-electron chi connectivity index (χ4n) is 8.88. The van der Waals surface area contributed by atoms with Crippen LogP contribution in [0.1, 0.15) is 5.56 Å². The van der Waals surface area contributed by atoms with Crippen molar-refractivity contribution in [3.05, 3.63) is 200 Å². The number of aromatic nitrogens is 3. The molecule has 3 aromatic heterocycles. The van der Waals surface area contributed by atoms with Gasteiger partial charge >= 0.3 is 0 Å². The maximum atomic E-state index is 9.64. The van der Waals surface area contributed by atoms with E-state index in [9.17, 15) is 5.26 Å². The van der Waals surface area contributed by atoms with Crippen molar-refractivity contribution in [3.63, 3.8) is 0 Å². The smallest absolute Gasteiger partial charge is 0.165 e. The molecule has 5 nitrogen and oxygen atoms in total. The molecule has 0 amide bonds. The van der Waals surface area contributed by atoms with Crippen LogP contribution < -0.4 is 0 Å². The van der Waals surface area contributed by atoms with Gasteiger partial charge < -0.3 is 4.42 Å². The van der Waals surface area contributed by atoms with Crippen molar-refractivity contribution in [2.24, 2.45) is 0 Å². The summed E-state index contributed by atoms with van der Waals surface area (Å²) in [4.78, 5) is 15.7. The largest absolute Gasteiger partial charge is 0.455 e. The zero-order valence-corrected chi connectivity index (χ0v) is 33.9. The first-order chi connectivity index (χ1) is 30.7. The molecule has 0 fully saturated rings. The Morgan fingerprint density at radius 1 is 0.403 bits per heavy atom. The van der Waals surface area contributed by atoms with Crippen LogP contribution in [0.4, 0.5) is 0 Å². The number of nitrogens with zero attached hydrogens (tertiary/aromatic N) is 4. The molecule has 12 aromatic rings. The second-order valence-electron chi connectivity index (χ2n) is 15.4. The number of hydrogen-bond donors (Lipinski definition) is 0. The quantitative estimate of drug-likeness (QED) is 0.167. The molecular weight excluding hydrogens is 777 g/mol. The van der Waals surface area contributed by atoms with E-state index in [1.807, 2.05) is 78.9 Å². The van der Waals surface area contributed by atoms with Crippen LogP contribution in [0.25, 0.3) is 120 Å². The molecule has 288 valence electrons. The highest BCUT2D eigenvalue weighted by atomic mass is 32.1. The van der Waals surface area contributed by atoms with Crippen LogP contribution in [-0.4, -0.2) is 15.0 Å². The molecule has 0 aliphatic rings. The predicted molar refractivity (Wildman–Crippen MR) is 255 cm³/mol. The lowest BCUT2D eigenvalue weighted by Crippen LogP contribution is -2.00. The Bertz CT molecular complexity index is 3770. The number of benzene rings is 9. The molecule has 0 unspecified atom stereocenters. The van der Waals surface area contributed by atoms with E-state index in [-0.39, 0.29) is 0 Å². The Morgan fingerprint density at radius 2 is 0.984 bits per heavy atom. The van der Waals surface area contributed by atoms with Gasteiger partial charge in [0.25, 0.3) is 0 Å². The zero-order valence-electron chi connectivity index (χ0n) is 33.1. The topological polar surface area (TPSA) is 75.6 Å². The second-order valence-corrected chi connectivity index (χ2v) is 16.4. The number of hydrogen-bond acceptors (Lipinski definition) is 6. The molecule has 3 heterocycles. The SMILES string of the molecule is N#Cc1cccc(-c2cccc3c2oc2cccc(-c4nc(-c5ccccc5)nc(-c5cccc6c5sc5c(-c7ccc8cccc(-c9ccccc9)c8c7)cccc56)n4)c23)c1. The Kier molecular flexibility index (Phi) is 8.34. The summed E-state index contributed by atoms with van der Waals surface area (Å²) in [5.74, 6) is 1.75. The molecule has 6 heteroatoms. The van der Waals surface area contributed by atoms with Gasteiger partial charge in [0.2, 0.25) is 0 Å². The van der Waals surface area contributed by atoms with Crippen LogP contribution in [0, 0.1) is 11.3 Å². The van der Waals surface area contributed by atoms with Gasteiger partial charge in [-0.3, -0.25) is 0 Å². The minimum Gasteiger partial charge on any atom is -0.455 e. The Labute approximate surface area is 360 Å². The Morgan fingerprint density at radius 3 is 1.77 bits per heavy atom. The highest BCUT2D eigenvalue weighted by molar-refractivity contribution is 7.26. The number of nitriles is 1. The van der Waals surface area contributed by atoms with Gasteiger partial charge in [0, 0.05) is 53.2 Å². The van der Waals surface area contributed by atoms with E-state index in [4.69, 9.17) is 19.4 Å². The minimum absolute atomic E-state index is 0.559. The molecule has 0 bridgehead atoms. The highest BCUT2D eigenvalue weighted by Crippen LogP contribution is 2.45. The summed E-state index contributed by atoms with van der Waals surface area (Å²) < 4.78 is 8.98. The minimum atomic E-state index is 0.559. The molecule has 62 heavy (non-hydrogen) atoms. The summed E-state index contributed by atoms with van der Waals surface area (Å²) >= 11 is 1.79. The summed E-state index contributed by atoms with van der Waals surface area (Å²) in [6.45, 7) is 0. The van der Waals surface area contributed by atoms with Crippen LogP contribution in [-0.2, 0) is 0 Å². The van der Waals surface area contributed by atoms with Gasteiger partial charge in [0.15, 0.2) is 17.5 Å². The van der Waals surface area contributed by atoms with Crippen LogP contribution in [0.2, 0.25) is 0 Å². The van der Waals surface area contributed by atoms with Gasteiger partial charge in [0.1, 0.15) is 11.2 Å². The third-order valence-corrected chi connectivity index (χ3v) is 13.1. The van der Waals surface area contributed by atoms with Crippen molar-refractivity contribution in [1.29, 1.82) is 5.26 Å². The molecule has 0 atom stereocenters. The average molecular weight is 809 g/mol. The van der Waals surface area contributed by atoms with E-state index < -0.39 is 0 Å². The zero-order chi connectivity index (χ0) is 41.1. The van der Waals surface area contributed by atoms with Crippen molar-refractivity contribution in [2.75, 3.05) is 0 Å². The Hall–Kier alpha value is -8.24. The third-order valence-electron chi connectivity index (χ3n) is 11.8. The van der Waals surface area contributed by atoms with E-state index >= 15 is 0 Å². The Balaban J connectivity index is 1.05. The number of rotatable bonds is 6. The van der Waals surface area contributed by atoms with E-state index in [2.05, 4.69) is 121 Å². The second kappa shape index (κ2) is 14.5. The summed E-state index contributed by atoms with van der Waals surface area (Å²) in [5, 5.41) is 16.3. The molecule has 0 spiro atoms. The molecule has 0 saturated carbocycles. The lowest BCUT2D eigenvalue weighted by Gasteiger charge is -2.10. The first-order valence-electron chi connectivity index (χ1n) is 20.5. The maximum absolute atomic E-state index is 9.64. The lowest BCUT2D eigenvalue weighted by atomic mass is 9.94. The van der Waals surface area contributed by atoms with E-state index in [1.165, 1.54) is 43.1 Å². The normalized spacial score (nSPS) is 11.5.